The first-order valence-corrected chi connectivity index (χ1v) is 3.80. The number of rotatable bonds is 0. The highest BCUT2D eigenvalue weighted by atomic mass is 14.2. The molecule has 0 unspecified atom stereocenters. The van der Waals surface area contributed by atoms with Gasteiger partial charge in [0, 0.05) is 5.92 Å². The molecule has 0 nitrogen and oxygen atoms in total. The fraction of sp³-hybridized carbons (Fsp3) is 0.778. The van der Waals surface area contributed by atoms with Crippen LogP contribution in [0.4, 0.5) is 0 Å². The summed E-state index contributed by atoms with van der Waals surface area (Å²) in [5.74, 6) is 4.22. The molecule has 0 amide bonds. The Balaban J connectivity index is 2.41. The van der Waals surface area contributed by atoms with Crippen LogP contribution < -0.4 is 0 Å². The minimum atomic E-state index is 0.582. The van der Waals surface area contributed by atoms with Crippen LogP contribution in [-0.2, 0) is 0 Å². The highest BCUT2D eigenvalue weighted by Crippen LogP contribution is 2.28. The predicted octanol–water partition coefficient (Wildman–Crippen LogP) is 2.45. The van der Waals surface area contributed by atoms with E-state index in [9.17, 15) is 0 Å². The molecular formula is C9H14. The molecule has 0 aromatic heterocycles. The minimum absolute atomic E-state index is 0.582. The normalized spacial score (nSPS) is 35.6. The quantitative estimate of drug-likeness (QED) is 0.433. The van der Waals surface area contributed by atoms with Crippen LogP contribution in [0.25, 0.3) is 0 Å². The van der Waals surface area contributed by atoms with Crippen molar-refractivity contribution in [2.24, 2.45) is 11.8 Å². The Morgan fingerprint density at radius 2 is 2.00 bits per heavy atom. The van der Waals surface area contributed by atoms with E-state index in [1.807, 2.05) is 0 Å². The van der Waals surface area contributed by atoms with Crippen molar-refractivity contribution in [1.29, 1.82) is 0 Å². The van der Waals surface area contributed by atoms with Gasteiger partial charge in [0.2, 0.25) is 0 Å². The smallest absolute Gasteiger partial charge is 0.0225 e. The highest BCUT2D eigenvalue weighted by molar-refractivity contribution is 4.96. The molecule has 0 aliphatic heterocycles. The monoisotopic (exact) mass is 122 g/mol. The first-order valence-electron chi connectivity index (χ1n) is 3.80. The molecule has 50 valence electrons. The molecule has 0 heterocycles. The summed E-state index contributed by atoms with van der Waals surface area (Å²) in [4.78, 5) is 0. The standard InChI is InChI=1S/C9H14/c1-3-9-7-5-4-6-8(9)2/h1,8-9H,4-7H2,2H3/t8-,9+/m0/s1. The Hall–Kier alpha value is -0.440. The molecule has 1 aliphatic rings. The Morgan fingerprint density at radius 3 is 2.44 bits per heavy atom. The average Bonchev–Trinajstić information content (AvgIpc) is 1.89. The lowest BCUT2D eigenvalue weighted by atomic mass is 9.81. The summed E-state index contributed by atoms with van der Waals surface area (Å²) < 4.78 is 0. The maximum atomic E-state index is 5.34. The molecule has 1 saturated carbocycles. The average molecular weight is 122 g/mol. The van der Waals surface area contributed by atoms with Crippen LogP contribution >= 0.6 is 0 Å². The summed E-state index contributed by atoms with van der Waals surface area (Å²) in [6.45, 7) is 2.27. The van der Waals surface area contributed by atoms with E-state index < -0.39 is 0 Å². The van der Waals surface area contributed by atoms with Gasteiger partial charge in [-0.1, -0.05) is 19.8 Å². The zero-order chi connectivity index (χ0) is 6.69. The fourth-order valence-electron chi connectivity index (χ4n) is 1.56. The van der Waals surface area contributed by atoms with Gasteiger partial charge in [0.1, 0.15) is 0 Å². The Morgan fingerprint density at radius 1 is 1.33 bits per heavy atom. The van der Waals surface area contributed by atoms with E-state index in [1.165, 1.54) is 25.7 Å². The number of hydrogen-bond acceptors (Lipinski definition) is 0. The van der Waals surface area contributed by atoms with Gasteiger partial charge >= 0.3 is 0 Å². The topological polar surface area (TPSA) is 0 Å². The summed E-state index contributed by atoms with van der Waals surface area (Å²) in [5, 5.41) is 0. The first kappa shape index (κ1) is 6.68. The van der Waals surface area contributed by atoms with Gasteiger partial charge in [-0.25, -0.2) is 0 Å². The number of hydrogen-bond donors (Lipinski definition) is 0. The third kappa shape index (κ3) is 1.48. The SMILES string of the molecule is C#C[C@@H]1CCCC[C@@H]1C. The van der Waals surface area contributed by atoms with Gasteiger partial charge in [-0.2, -0.15) is 0 Å². The van der Waals surface area contributed by atoms with Gasteiger partial charge in [-0.3, -0.25) is 0 Å². The van der Waals surface area contributed by atoms with Crippen molar-refractivity contribution >= 4 is 0 Å². The van der Waals surface area contributed by atoms with Gasteiger partial charge < -0.3 is 0 Å². The third-order valence-corrected chi connectivity index (χ3v) is 2.33. The van der Waals surface area contributed by atoms with Crippen LogP contribution in [0.1, 0.15) is 32.6 Å². The van der Waals surface area contributed by atoms with Gasteiger partial charge in [0.15, 0.2) is 0 Å². The van der Waals surface area contributed by atoms with Gasteiger partial charge in [0.05, 0.1) is 0 Å². The van der Waals surface area contributed by atoms with Crippen molar-refractivity contribution in [2.75, 3.05) is 0 Å². The molecule has 0 saturated heterocycles. The molecule has 0 bridgehead atoms. The lowest BCUT2D eigenvalue weighted by Gasteiger charge is -2.23. The van der Waals surface area contributed by atoms with Gasteiger partial charge in [0.25, 0.3) is 0 Å². The largest absolute Gasteiger partial charge is 0.120 e. The first-order chi connectivity index (χ1) is 4.34. The molecule has 0 aromatic rings. The predicted molar refractivity (Wildman–Crippen MR) is 40.0 cm³/mol. The maximum Gasteiger partial charge on any atom is 0.0225 e. The van der Waals surface area contributed by atoms with Crippen LogP contribution in [0.3, 0.4) is 0 Å². The zero-order valence-electron chi connectivity index (χ0n) is 6.06. The van der Waals surface area contributed by atoms with E-state index >= 15 is 0 Å². The molecule has 1 fully saturated rings. The zero-order valence-corrected chi connectivity index (χ0v) is 6.06. The molecule has 9 heavy (non-hydrogen) atoms. The Labute approximate surface area is 57.7 Å². The van der Waals surface area contributed by atoms with E-state index in [-0.39, 0.29) is 0 Å². The maximum absolute atomic E-state index is 5.34. The van der Waals surface area contributed by atoms with E-state index in [0.717, 1.165) is 5.92 Å². The molecular weight excluding hydrogens is 108 g/mol. The van der Waals surface area contributed by atoms with Crippen LogP contribution in [-0.4, -0.2) is 0 Å². The molecule has 1 rings (SSSR count). The molecule has 0 radical (unpaired) electrons. The van der Waals surface area contributed by atoms with Crippen molar-refractivity contribution < 1.29 is 0 Å². The summed E-state index contributed by atoms with van der Waals surface area (Å²) in [6.07, 6.45) is 10.7. The summed E-state index contributed by atoms with van der Waals surface area (Å²) in [7, 11) is 0. The fourth-order valence-corrected chi connectivity index (χ4v) is 1.56. The van der Waals surface area contributed by atoms with E-state index in [2.05, 4.69) is 12.8 Å². The van der Waals surface area contributed by atoms with Crippen LogP contribution in [0.2, 0.25) is 0 Å². The van der Waals surface area contributed by atoms with E-state index in [0.29, 0.717) is 5.92 Å². The Bertz CT molecular complexity index is 118. The molecule has 0 spiro atoms. The molecule has 2 atom stereocenters. The lowest BCUT2D eigenvalue weighted by Crippen LogP contribution is -2.14. The Kier molecular flexibility index (Phi) is 2.16. The summed E-state index contributed by atoms with van der Waals surface area (Å²) >= 11 is 0. The van der Waals surface area contributed by atoms with Crippen LogP contribution in [0, 0.1) is 24.2 Å². The summed E-state index contributed by atoms with van der Waals surface area (Å²) in [6, 6.07) is 0. The molecule has 0 heteroatoms. The van der Waals surface area contributed by atoms with Crippen LogP contribution in [0.5, 0.6) is 0 Å². The van der Waals surface area contributed by atoms with Crippen molar-refractivity contribution in [3.05, 3.63) is 0 Å². The second-order valence-electron chi connectivity index (χ2n) is 3.03. The van der Waals surface area contributed by atoms with E-state index in [1.54, 1.807) is 0 Å². The third-order valence-electron chi connectivity index (χ3n) is 2.33. The lowest BCUT2D eigenvalue weighted by molar-refractivity contribution is 0.316. The second kappa shape index (κ2) is 2.92. The summed E-state index contributed by atoms with van der Waals surface area (Å²) in [5.41, 5.74) is 0. The van der Waals surface area contributed by atoms with Gasteiger partial charge in [-0.05, 0) is 18.8 Å². The van der Waals surface area contributed by atoms with Crippen molar-refractivity contribution in [3.8, 4) is 12.3 Å². The van der Waals surface area contributed by atoms with Crippen molar-refractivity contribution in [1.82, 2.24) is 0 Å². The molecule has 0 aromatic carbocycles. The molecule has 0 N–H and O–H groups in total. The second-order valence-corrected chi connectivity index (χ2v) is 3.03. The minimum Gasteiger partial charge on any atom is -0.120 e. The van der Waals surface area contributed by atoms with Gasteiger partial charge in [-0.15, -0.1) is 12.3 Å². The van der Waals surface area contributed by atoms with Crippen molar-refractivity contribution in [2.45, 2.75) is 32.6 Å². The van der Waals surface area contributed by atoms with Crippen LogP contribution in [0.15, 0.2) is 0 Å². The molecule has 1 aliphatic carbocycles. The number of terminal acetylenes is 1. The van der Waals surface area contributed by atoms with E-state index in [4.69, 9.17) is 6.42 Å². The van der Waals surface area contributed by atoms with Crippen molar-refractivity contribution in [3.63, 3.8) is 0 Å². The highest BCUT2D eigenvalue weighted by Gasteiger charge is 2.18.